The molecule has 0 amide bonds. The van der Waals surface area contributed by atoms with Crippen molar-refractivity contribution in [2.75, 3.05) is 7.05 Å². The zero-order valence-electron chi connectivity index (χ0n) is 8.04. The minimum absolute atomic E-state index is 1.10. The molecule has 1 rings (SSSR count). The lowest BCUT2D eigenvalue weighted by Crippen LogP contribution is -2.07. The SMILES string of the molecule is CCC(C)=[N+](C)c1ccccc1. The Morgan fingerprint density at radius 1 is 1.25 bits per heavy atom. The summed E-state index contributed by atoms with van der Waals surface area (Å²) >= 11 is 0. The van der Waals surface area contributed by atoms with Crippen LogP contribution in [0.5, 0.6) is 0 Å². The van der Waals surface area contributed by atoms with Gasteiger partial charge in [0, 0.05) is 25.5 Å². The van der Waals surface area contributed by atoms with Crippen LogP contribution in [0.25, 0.3) is 0 Å². The number of rotatable bonds is 2. The van der Waals surface area contributed by atoms with Crippen LogP contribution in [0.4, 0.5) is 5.69 Å². The topological polar surface area (TPSA) is 3.01 Å². The molecule has 1 nitrogen and oxygen atoms in total. The smallest absolute Gasteiger partial charge is 0.203 e. The van der Waals surface area contributed by atoms with Gasteiger partial charge in [-0.05, 0) is 0 Å². The molecule has 0 aliphatic rings. The third-order valence-corrected chi connectivity index (χ3v) is 2.23. The summed E-state index contributed by atoms with van der Waals surface area (Å²) in [6.45, 7) is 4.34. The minimum Gasteiger partial charge on any atom is -0.203 e. The van der Waals surface area contributed by atoms with Crippen molar-refractivity contribution in [1.29, 1.82) is 0 Å². The second-order valence-electron chi connectivity index (χ2n) is 2.98. The van der Waals surface area contributed by atoms with E-state index in [1.807, 2.05) is 6.07 Å². The molecule has 0 aliphatic carbocycles. The van der Waals surface area contributed by atoms with Gasteiger partial charge < -0.3 is 0 Å². The zero-order valence-corrected chi connectivity index (χ0v) is 8.04. The fourth-order valence-electron chi connectivity index (χ4n) is 1.11. The Bertz CT molecular complexity index is 272. The van der Waals surface area contributed by atoms with Gasteiger partial charge >= 0.3 is 0 Å². The van der Waals surface area contributed by atoms with Crippen molar-refractivity contribution in [2.45, 2.75) is 20.3 Å². The van der Waals surface area contributed by atoms with E-state index in [-0.39, 0.29) is 0 Å². The number of nitrogens with zero attached hydrogens (tertiary/aromatic N) is 1. The molecule has 0 saturated heterocycles. The summed E-state index contributed by atoms with van der Waals surface area (Å²) in [4.78, 5) is 0. The van der Waals surface area contributed by atoms with E-state index in [1.165, 1.54) is 11.4 Å². The van der Waals surface area contributed by atoms with Crippen LogP contribution in [-0.4, -0.2) is 17.3 Å². The Labute approximate surface area is 74.4 Å². The van der Waals surface area contributed by atoms with Gasteiger partial charge in [-0.25, -0.2) is 4.58 Å². The van der Waals surface area contributed by atoms with E-state index in [0.717, 1.165) is 6.42 Å². The van der Waals surface area contributed by atoms with Gasteiger partial charge in [0.15, 0.2) is 5.71 Å². The summed E-state index contributed by atoms with van der Waals surface area (Å²) in [5, 5.41) is 0. The zero-order chi connectivity index (χ0) is 8.97. The van der Waals surface area contributed by atoms with Gasteiger partial charge in [0.2, 0.25) is 5.69 Å². The Morgan fingerprint density at radius 2 is 1.83 bits per heavy atom. The summed E-state index contributed by atoms with van der Waals surface area (Å²) in [6, 6.07) is 10.4. The molecule has 0 bridgehead atoms. The van der Waals surface area contributed by atoms with Crippen LogP contribution in [0, 0.1) is 0 Å². The van der Waals surface area contributed by atoms with E-state index in [9.17, 15) is 0 Å². The van der Waals surface area contributed by atoms with E-state index in [4.69, 9.17) is 0 Å². The summed E-state index contributed by atoms with van der Waals surface area (Å²) < 4.78 is 2.22. The van der Waals surface area contributed by atoms with Crippen molar-refractivity contribution in [3.8, 4) is 0 Å². The highest BCUT2D eigenvalue weighted by atomic mass is 15.0. The van der Waals surface area contributed by atoms with E-state index in [1.54, 1.807) is 0 Å². The Kier molecular flexibility index (Phi) is 3.03. The maximum Gasteiger partial charge on any atom is 0.204 e. The molecule has 0 unspecified atom stereocenters. The summed E-state index contributed by atoms with van der Waals surface area (Å²) in [7, 11) is 2.11. The van der Waals surface area contributed by atoms with Gasteiger partial charge in [-0.3, -0.25) is 0 Å². The van der Waals surface area contributed by atoms with Crippen LogP contribution in [0.2, 0.25) is 0 Å². The van der Waals surface area contributed by atoms with Gasteiger partial charge in [-0.1, -0.05) is 25.1 Å². The first-order chi connectivity index (χ1) is 5.75. The van der Waals surface area contributed by atoms with E-state index in [0.29, 0.717) is 0 Å². The molecule has 0 heterocycles. The number of para-hydroxylation sites is 1. The highest BCUT2D eigenvalue weighted by Gasteiger charge is 2.04. The standard InChI is InChI=1S/C11H16N/c1-4-10(2)12(3)11-8-6-5-7-9-11/h5-9H,4H2,1-3H3/q+1. The molecular weight excluding hydrogens is 146 g/mol. The number of hydrogen-bond acceptors (Lipinski definition) is 0. The lowest BCUT2D eigenvalue weighted by molar-refractivity contribution is -0.406. The normalized spacial score (nSPS) is 12.6. The second kappa shape index (κ2) is 4.05. The minimum atomic E-state index is 1.10. The first-order valence-corrected chi connectivity index (χ1v) is 4.37. The van der Waals surface area contributed by atoms with Crippen LogP contribution in [0.15, 0.2) is 30.3 Å². The number of benzene rings is 1. The molecule has 12 heavy (non-hydrogen) atoms. The van der Waals surface area contributed by atoms with E-state index < -0.39 is 0 Å². The lowest BCUT2D eigenvalue weighted by Gasteiger charge is -1.98. The molecule has 1 aromatic rings. The largest absolute Gasteiger partial charge is 0.204 e. The Hall–Kier alpha value is -1.11. The van der Waals surface area contributed by atoms with Gasteiger partial charge in [-0.2, -0.15) is 0 Å². The van der Waals surface area contributed by atoms with E-state index in [2.05, 4.69) is 49.7 Å². The molecule has 0 fully saturated rings. The Balaban J connectivity index is 3.00. The fourth-order valence-corrected chi connectivity index (χ4v) is 1.11. The molecule has 0 N–H and O–H groups in total. The van der Waals surface area contributed by atoms with Crippen molar-refractivity contribution in [3.05, 3.63) is 30.3 Å². The van der Waals surface area contributed by atoms with Crippen molar-refractivity contribution in [1.82, 2.24) is 0 Å². The average Bonchev–Trinajstić information content (AvgIpc) is 2.17. The molecule has 0 radical (unpaired) electrons. The highest BCUT2D eigenvalue weighted by Crippen LogP contribution is 2.09. The highest BCUT2D eigenvalue weighted by molar-refractivity contribution is 5.77. The third kappa shape index (κ3) is 1.94. The van der Waals surface area contributed by atoms with Gasteiger partial charge in [0.05, 0.1) is 0 Å². The molecule has 0 atom stereocenters. The second-order valence-corrected chi connectivity index (χ2v) is 2.98. The van der Waals surface area contributed by atoms with Crippen molar-refractivity contribution >= 4 is 11.4 Å². The lowest BCUT2D eigenvalue weighted by atomic mass is 10.2. The quantitative estimate of drug-likeness (QED) is 0.464. The summed E-state index contributed by atoms with van der Waals surface area (Å²) in [5.74, 6) is 0. The molecule has 0 spiro atoms. The third-order valence-electron chi connectivity index (χ3n) is 2.23. The molecule has 0 aliphatic heterocycles. The van der Waals surface area contributed by atoms with Crippen LogP contribution in [-0.2, 0) is 0 Å². The van der Waals surface area contributed by atoms with Gasteiger partial charge in [-0.15, -0.1) is 0 Å². The van der Waals surface area contributed by atoms with Crippen molar-refractivity contribution in [3.63, 3.8) is 0 Å². The average molecular weight is 162 g/mol. The summed E-state index contributed by atoms with van der Waals surface area (Å²) in [5.41, 5.74) is 2.65. The maximum atomic E-state index is 2.22. The monoisotopic (exact) mass is 162 g/mol. The molecule has 0 aromatic heterocycles. The first kappa shape index (κ1) is 8.98. The van der Waals surface area contributed by atoms with Gasteiger partial charge in [0.1, 0.15) is 7.05 Å². The molecule has 1 aromatic carbocycles. The molecule has 64 valence electrons. The fraction of sp³-hybridized carbons (Fsp3) is 0.364. The van der Waals surface area contributed by atoms with Crippen LogP contribution in [0.1, 0.15) is 20.3 Å². The molecule has 1 heteroatoms. The van der Waals surface area contributed by atoms with Crippen molar-refractivity contribution in [2.24, 2.45) is 0 Å². The molecular formula is C11H16N+. The predicted molar refractivity (Wildman–Crippen MR) is 53.3 cm³/mol. The van der Waals surface area contributed by atoms with Crippen LogP contribution >= 0.6 is 0 Å². The van der Waals surface area contributed by atoms with Crippen molar-refractivity contribution < 1.29 is 4.58 Å². The first-order valence-electron chi connectivity index (χ1n) is 4.37. The Morgan fingerprint density at radius 3 is 2.33 bits per heavy atom. The van der Waals surface area contributed by atoms with Crippen LogP contribution < -0.4 is 0 Å². The van der Waals surface area contributed by atoms with Gasteiger partial charge in [0.25, 0.3) is 0 Å². The molecule has 0 saturated carbocycles. The summed E-state index contributed by atoms with van der Waals surface area (Å²) in [6.07, 6.45) is 1.10. The van der Waals surface area contributed by atoms with E-state index >= 15 is 0 Å². The van der Waals surface area contributed by atoms with Crippen LogP contribution in [0.3, 0.4) is 0 Å². The number of hydrogen-bond donors (Lipinski definition) is 0. The maximum absolute atomic E-state index is 2.22. The predicted octanol–water partition coefficient (Wildman–Crippen LogP) is 2.83.